The predicted octanol–water partition coefficient (Wildman–Crippen LogP) is 23.8. The molecule has 0 saturated heterocycles. The molecule has 0 bridgehead atoms. The number of hydrogen-bond donors (Lipinski definition) is 0. The van der Waals surface area contributed by atoms with Crippen LogP contribution in [0.1, 0.15) is 134 Å². The summed E-state index contributed by atoms with van der Waals surface area (Å²) in [4.78, 5) is 8.19. The molecule has 3 heteroatoms. The van der Waals surface area contributed by atoms with Gasteiger partial charge in [-0.25, -0.2) is 0 Å². The molecule has 3 fully saturated rings. The lowest BCUT2D eigenvalue weighted by molar-refractivity contribution is 0.223. The summed E-state index contributed by atoms with van der Waals surface area (Å²) in [5, 5.41) is 10.6. The smallest absolute Gasteiger partial charge is 0.0495 e. The van der Waals surface area contributed by atoms with Crippen molar-refractivity contribution in [2.45, 2.75) is 134 Å². The third-order valence-corrected chi connectivity index (χ3v) is 24.0. The van der Waals surface area contributed by atoms with Gasteiger partial charge in [0.1, 0.15) is 0 Å². The second kappa shape index (κ2) is 19.7. The molecule has 9 atom stereocenters. The van der Waals surface area contributed by atoms with Crippen molar-refractivity contribution >= 4 is 77.2 Å². The Hall–Kier alpha value is -8.66. The van der Waals surface area contributed by atoms with Crippen LogP contribution in [0.2, 0.25) is 0 Å². The molecular formula is C86H79N3. The van der Waals surface area contributed by atoms with E-state index < -0.39 is 0 Å². The summed E-state index contributed by atoms with van der Waals surface area (Å²) in [5.41, 5.74) is 22.9. The Morgan fingerprint density at radius 1 is 0.303 bits per heavy atom. The lowest BCUT2D eigenvalue weighted by Crippen LogP contribution is -2.47. The molecule has 89 heavy (non-hydrogen) atoms. The summed E-state index contributed by atoms with van der Waals surface area (Å²) in [6.45, 7) is 15.3. The molecule has 438 valence electrons. The van der Waals surface area contributed by atoms with Gasteiger partial charge in [-0.2, -0.15) is 0 Å². The zero-order valence-electron chi connectivity index (χ0n) is 52.5. The van der Waals surface area contributed by atoms with Crippen LogP contribution in [0.5, 0.6) is 0 Å². The van der Waals surface area contributed by atoms with E-state index in [9.17, 15) is 0 Å². The average molecular weight is 1150 g/mol. The van der Waals surface area contributed by atoms with Crippen molar-refractivity contribution in [1.29, 1.82) is 0 Å². The van der Waals surface area contributed by atoms with Gasteiger partial charge in [-0.15, -0.1) is 0 Å². The first-order valence-corrected chi connectivity index (χ1v) is 33.8. The Bertz CT molecular complexity index is 4670. The molecule has 0 radical (unpaired) electrons. The summed E-state index contributed by atoms with van der Waals surface area (Å²) >= 11 is 0. The third-order valence-electron chi connectivity index (χ3n) is 24.0. The van der Waals surface area contributed by atoms with Crippen LogP contribution in [-0.4, -0.2) is 16.6 Å². The highest BCUT2D eigenvalue weighted by Crippen LogP contribution is 2.64. The summed E-state index contributed by atoms with van der Waals surface area (Å²) in [6, 6.07) is 88.0. The molecule has 12 aromatic carbocycles. The fourth-order valence-corrected chi connectivity index (χ4v) is 20.6. The van der Waals surface area contributed by atoms with Crippen LogP contribution in [0, 0.1) is 17.8 Å². The number of benzene rings is 12. The Morgan fingerprint density at radius 2 is 0.640 bits per heavy atom. The van der Waals surface area contributed by atoms with Crippen molar-refractivity contribution in [3.05, 3.63) is 241 Å². The van der Waals surface area contributed by atoms with E-state index in [0.717, 1.165) is 0 Å². The number of para-hydroxylation sites is 3. The van der Waals surface area contributed by atoms with E-state index in [2.05, 4.69) is 281 Å². The minimum atomic E-state index is -0.0178. The zero-order valence-corrected chi connectivity index (χ0v) is 52.5. The van der Waals surface area contributed by atoms with Gasteiger partial charge in [0.05, 0.1) is 0 Å². The minimum absolute atomic E-state index is 0.0143. The second-order valence-electron chi connectivity index (χ2n) is 29.0. The number of fused-ring (bicyclic) bond motifs is 10. The predicted molar refractivity (Wildman–Crippen MR) is 378 cm³/mol. The minimum Gasteiger partial charge on any atom is -0.335 e. The van der Waals surface area contributed by atoms with Gasteiger partial charge in [0.25, 0.3) is 0 Å². The van der Waals surface area contributed by atoms with E-state index in [1.807, 2.05) is 0 Å². The summed E-state index contributed by atoms with van der Waals surface area (Å²) < 4.78 is 0. The fraction of sp³-hybridized carbons (Fsp3) is 0.279. The Labute approximate surface area is 526 Å². The first-order chi connectivity index (χ1) is 43.5. The maximum atomic E-state index is 2.73. The normalized spacial score (nSPS) is 26.0. The van der Waals surface area contributed by atoms with E-state index in [0.29, 0.717) is 35.5 Å². The number of anilines is 6. The van der Waals surface area contributed by atoms with Crippen LogP contribution in [0.4, 0.5) is 34.1 Å². The van der Waals surface area contributed by atoms with Crippen molar-refractivity contribution in [3.8, 4) is 44.5 Å². The highest BCUT2D eigenvalue weighted by Gasteiger charge is 2.55. The summed E-state index contributed by atoms with van der Waals surface area (Å²) in [6.07, 6.45) is 11.0. The van der Waals surface area contributed by atoms with Gasteiger partial charge < -0.3 is 14.7 Å². The molecule has 3 heterocycles. The molecule has 12 aromatic rings. The van der Waals surface area contributed by atoms with Gasteiger partial charge in [0.2, 0.25) is 0 Å². The Balaban J connectivity index is 0.924. The van der Waals surface area contributed by atoms with Crippen LogP contribution in [0.15, 0.2) is 224 Å². The quantitative estimate of drug-likeness (QED) is 0.147. The maximum absolute atomic E-state index is 2.73. The molecule has 0 N–H and O–H groups in total. The zero-order chi connectivity index (χ0) is 59.7. The van der Waals surface area contributed by atoms with E-state index in [1.54, 1.807) is 0 Å². The van der Waals surface area contributed by atoms with Crippen LogP contribution in [0.25, 0.3) is 87.6 Å². The van der Waals surface area contributed by atoms with Crippen molar-refractivity contribution < 1.29 is 0 Å². The van der Waals surface area contributed by atoms with E-state index in [-0.39, 0.29) is 16.6 Å². The van der Waals surface area contributed by atoms with Crippen molar-refractivity contribution in [1.82, 2.24) is 0 Å². The van der Waals surface area contributed by atoms with Gasteiger partial charge in [0.15, 0.2) is 0 Å². The van der Waals surface area contributed by atoms with Gasteiger partial charge in [-0.3, -0.25) is 0 Å². The molecule has 3 nitrogen and oxygen atoms in total. The molecule has 18 rings (SSSR count). The van der Waals surface area contributed by atoms with Crippen LogP contribution in [0.3, 0.4) is 0 Å². The molecule has 0 amide bonds. The second-order valence-corrected chi connectivity index (χ2v) is 29.0. The van der Waals surface area contributed by atoms with Crippen LogP contribution < -0.4 is 14.7 Å². The first kappa shape index (κ1) is 53.4. The summed E-state index contributed by atoms with van der Waals surface area (Å²) in [7, 11) is 0. The number of rotatable bonds is 7. The lowest BCUT2D eigenvalue weighted by Gasteiger charge is -2.46. The van der Waals surface area contributed by atoms with E-state index in [1.165, 1.54) is 196 Å². The fourth-order valence-electron chi connectivity index (χ4n) is 20.6. The monoisotopic (exact) mass is 1150 g/mol. The van der Waals surface area contributed by atoms with Crippen LogP contribution in [-0.2, 0) is 0 Å². The molecule has 9 unspecified atom stereocenters. The van der Waals surface area contributed by atoms with Crippen molar-refractivity contribution in [2.75, 3.05) is 14.7 Å². The Morgan fingerprint density at radius 3 is 1.03 bits per heavy atom. The van der Waals surface area contributed by atoms with Crippen molar-refractivity contribution in [3.63, 3.8) is 0 Å². The Kier molecular flexibility index (Phi) is 11.8. The topological polar surface area (TPSA) is 9.72 Å². The molecule has 3 aliphatic carbocycles. The molecule has 3 saturated carbocycles. The largest absolute Gasteiger partial charge is 0.335 e. The lowest BCUT2D eigenvalue weighted by atomic mass is 9.67. The van der Waals surface area contributed by atoms with Crippen molar-refractivity contribution in [2.24, 2.45) is 17.8 Å². The van der Waals surface area contributed by atoms with E-state index in [4.69, 9.17) is 0 Å². The first-order valence-electron chi connectivity index (χ1n) is 33.8. The SMILES string of the molecule is CC1CCCC2(C)C1c1cc(-c3cc(-c4ccc5c(c4)C4C(C)CCCC4(C)N5c4ccccc4)c4ccc5c(-c6cccc7ccccc67)cc(-c6ccc7c(c6)C6C(C)CCCC6(C)N7c6ccccc6)c6ccc3c4c65)ccc1N2c1ccccc1. The molecule has 0 spiro atoms. The number of nitrogens with zero attached hydrogens (tertiary/aromatic N) is 3. The highest BCUT2D eigenvalue weighted by molar-refractivity contribution is 6.32. The maximum Gasteiger partial charge on any atom is 0.0495 e. The molecule has 6 aliphatic rings. The molecule has 0 aromatic heterocycles. The van der Waals surface area contributed by atoms with Gasteiger partial charge >= 0.3 is 0 Å². The standard InChI is InChI=1S/C86H79N3/c1-53-22-19-45-84(4)81(53)73-48-57(35-42-76(73)87(84)60-27-10-7-11-28-60)69-51-70(58-36-43-77-74(49-58)82-54(2)23-20-46-85(82,5)88(77)61-29-12-8-13-30-61)66-40-41-68-72(64-34-18-26-56-25-16-17-33-63(56)64)52-71(67-39-38-65(69)79(66)80(67)68)59-37-44-78-75(50-59)83-55(3)24-21-47-86(83,6)89(78)62-31-14-9-15-32-62/h7-18,25-44,48-55,81-83H,19-24,45-47H2,1-6H3. The van der Waals surface area contributed by atoms with Gasteiger partial charge in [0, 0.05) is 68.5 Å². The third kappa shape index (κ3) is 7.57. The van der Waals surface area contributed by atoms with Gasteiger partial charge in [-0.05, 0) is 266 Å². The molecule has 3 aliphatic heterocycles. The van der Waals surface area contributed by atoms with Gasteiger partial charge in [-0.1, -0.05) is 180 Å². The number of hydrogen-bond acceptors (Lipinski definition) is 3. The summed E-state index contributed by atoms with van der Waals surface area (Å²) in [5.74, 6) is 2.92. The average Bonchev–Trinajstić information content (AvgIpc) is 1.72. The van der Waals surface area contributed by atoms with Crippen LogP contribution >= 0.6 is 0 Å². The highest BCUT2D eigenvalue weighted by atomic mass is 15.3. The molecular weight excluding hydrogens is 1070 g/mol. The van der Waals surface area contributed by atoms with E-state index >= 15 is 0 Å².